The minimum Gasteiger partial charge on any atom is -0.452 e. The third-order valence-corrected chi connectivity index (χ3v) is 5.40. The predicted octanol–water partition coefficient (Wildman–Crippen LogP) is 4.35. The highest BCUT2D eigenvalue weighted by Gasteiger charge is 2.29. The van der Waals surface area contributed by atoms with E-state index in [1.54, 1.807) is 6.07 Å². The number of allylic oxidation sites excluding steroid dienone is 1. The predicted molar refractivity (Wildman–Crippen MR) is 100.0 cm³/mol. The number of Topliss-reactive ketones (excluding diaryl/α,β-unsaturated/α-hetero) is 1. The molecule has 1 heterocycles. The van der Waals surface area contributed by atoms with E-state index in [0.717, 1.165) is 24.3 Å². The summed E-state index contributed by atoms with van der Waals surface area (Å²) >= 11 is 0. The Morgan fingerprint density at radius 2 is 1.66 bits per heavy atom. The molecule has 0 radical (unpaired) electrons. The molecule has 3 aromatic carbocycles. The highest BCUT2D eigenvalue weighted by Crippen LogP contribution is 2.35. The van der Waals surface area contributed by atoms with Gasteiger partial charge in [-0.25, -0.2) is 8.78 Å². The summed E-state index contributed by atoms with van der Waals surface area (Å²) in [5, 5.41) is 0. The van der Waals surface area contributed by atoms with Crippen LogP contribution in [0.1, 0.15) is 15.9 Å². The minimum absolute atomic E-state index is 0.0874. The molecule has 0 N–H and O–H groups in total. The number of carbonyl (C=O) groups excluding carboxylic acids is 1. The maximum atomic E-state index is 13.8. The first-order valence-corrected chi connectivity index (χ1v) is 9.77. The van der Waals surface area contributed by atoms with Crippen molar-refractivity contribution in [2.75, 3.05) is 0 Å². The second kappa shape index (κ2) is 7.14. The second-order valence-electron chi connectivity index (χ2n) is 6.11. The molecule has 146 valence electrons. The average molecular weight is 414 g/mol. The van der Waals surface area contributed by atoms with E-state index in [1.807, 2.05) is 0 Å². The van der Waals surface area contributed by atoms with Crippen molar-refractivity contribution in [3.63, 3.8) is 0 Å². The van der Waals surface area contributed by atoms with Crippen LogP contribution in [0.25, 0.3) is 6.08 Å². The minimum atomic E-state index is -4.20. The molecule has 4 rings (SSSR count). The first-order valence-electron chi connectivity index (χ1n) is 8.36. The molecule has 1 aliphatic rings. The van der Waals surface area contributed by atoms with Crippen LogP contribution in [0.2, 0.25) is 0 Å². The molecule has 0 aromatic heterocycles. The molecule has 0 bridgehead atoms. The maximum absolute atomic E-state index is 13.8. The Kier molecular flexibility index (Phi) is 4.63. The molecule has 0 fully saturated rings. The van der Waals surface area contributed by atoms with Gasteiger partial charge in [0.15, 0.2) is 5.76 Å². The first kappa shape index (κ1) is 18.8. The number of ether oxygens (including phenoxy) is 1. The number of benzene rings is 3. The quantitative estimate of drug-likeness (QED) is 0.469. The zero-order valence-electron chi connectivity index (χ0n) is 14.6. The molecule has 0 aliphatic carbocycles. The summed E-state index contributed by atoms with van der Waals surface area (Å²) in [4.78, 5) is 12.2. The molecule has 5 nitrogen and oxygen atoms in total. The summed E-state index contributed by atoms with van der Waals surface area (Å²) in [6.45, 7) is 0. The Hall–Kier alpha value is -3.52. The van der Waals surface area contributed by atoms with E-state index in [1.165, 1.54) is 42.5 Å². The Morgan fingerprint density at radius 3 is 2.38 bits per heavy atom. The summed E-state index contributed by atoms with van der Waals surface area (Å²) in [6, 6.07) is 13.9. The van der Waals surface area contributed by atoms with Gasteiger partial charge in [-0.3, -0.25) is 4.79 Å². The molecule has 0 spiro atoms. The fraction of sp³-hybridized carbons (Fsp3) is 0. The number of hydrogen-bond acceptors (Lipinski definition) is 5. The summed E-state index contributed by atoms with van der Waals surface area (Å²) < 4.78 is 62.0. The largest absolute Gasteiger partial charge is 0.452 e. The lowest BCUT2D eigenvalue weighted by Gasteiger charge is -2.08. The van der Waals surface area contributed by atoms with Crippen molar-refractivity contribution in [1.82, 2.24) is 0 Å². The molecule has 0 unspecified atom stereocenters. The van der Waals surface area contributed by atoms with Gasteiger partial charge in [-0.1, -0.05) is 18.2 Å². The first-order chi connectivity index (χ1) is 13.8. The molecule has 1 aliphatic heterocycles. The topological polar surface area (TPSA) is 69.7 Å². The van der Waals surface area contributed by atoms with Gasteiger partial charge in [0, 0.05) is 11.6 Å². The number of rotatable bonds is 4. The number of carbonyl (C=O) groups is 1. The molecular formula is C21H12F2O5S. The van der Waals surface area contributed by atoms with Crippen LogP contribution in [0.4, 0.5) is 8.78 Å². The SMILES string of the molecule is O=C1C(=Cc2ccccc2F)Oc2cc(OS(=O)(=O)c3ccc(F)cc3)ccc21. The fourth-order valence-corrected chi connectivity index (χ4v) is 3.65. The maximum Gasteiger partial charge on any atom is 0.339 e. The lowest BCUT2D eigenvalue weighted by Crippen LogP contribution is -2.09. The van der Waals surface area contributed by atoms with Crippen molar-refractivity contribution >= 4 is 22.0 Å². The van der Waals surface area contributed by atoms with Gasteiger partial charge in [0.1, 0.15) is 28.0 Å². The van der Waals surface area contributed by atoms with Crippen LogP contribution in [-0.4, -0.2) is 14.2 Å². The zero-order valence-corrected chi connectivity index (χ0v) is 15.5. The smallest absolute Gasteiger partial charge is 0.339 e. The average Bonchev–Trinajstić information content (AvgIpc) is 2.98. The van der Waals surface area contributed by atoms with Crippen molar-refractivity contribution in [3.05, 3.63) is 95.3 Å². The van der Waals surface area contributed by atoms with Crippen LogP contribution in [0.3, 0.4) is 0 Å². The van der Waals surface area contributed by atoms with E-state index < -0.39 is 27.5 Å². The monoisotopic (exact) mass is 414 g/mol. The number of ketones is 1. The highest BCUT2D eigenvalue weighted by molar-refractivity contribution is 7.87. The molecule has 0 amide bonds. The lowest BCUT2D eigenvalue weighted by molar-refractivity contribution is 0.101. The van der Waals surface area contributed by atoms with Gasteiger partial charge in [0.2, 0.25) is 5.78 Å². The molecular weight excluding hydrogens is 402 g/mol. The third kappa shape index (κ3) is 3.74. The fourth-order valence-electron chi connectivity index (χ4n) is 2.73. The van der Waals surface area contributed by atoms with Crippen molar-refractivity contribution in [2.45, 2.75) is 4.90 Å². The number of halogens is 2. The molecule has 29 heavy (non-hydrogen) atoms. The van der Waals surface area contributed by atoms with E-state index in [-0.39, 0.29) is 33.3 Å². The summed E-state index contributed by atoms with van der Waals surface area (Å²) in [6.07, 6.45) is 1.27. The zero-order chi connectivity index (χ0) is 20.6. The number of fused-ring (bicyclic) bond motifs is 1. The Morgan fingerprint density at radius 1 is 0.931 bits per heavy atom. The number of hydrogen-bond donors (Lipinski definition) is 0. The van der Waals surface area contributed by atoms with Crippen molar-refractivity contribution in [3.8, 4) is 11.5 Å². The standard InChI is InChI=1S/C21H12F2O5S/c22-14-5-8-16(9-6-14)29(25,26)28-15-7-10-17-19(12-15)27-20(21(17)24)11-13-3-1-2-4-18(13)23/h1-12H. The Labute approximate surface area is 164 Å². The molecule has 8 heteroatoms. The van der Waals surface area contributed by atoms with E-state index in [9.17, 15) is 22.0 Å². The van der Waals surface area contributed by atoms with E-state index in [0.29, 0.717) is 0 Å². The van der Waals surface area contributed by atoms with Crippen LogP contribution >= 0.6 is 0 Å². The van der Waals surface area contributed by atoms with Gasteiger partial charge >= 0.3 is 10.1 Å². The lowest BCUT2D eigenvalue weighted by atomic mass is 10.1. The second-order valence-corrected chi connectivity index (χ2v) is 7.66. The summed E-state index contributed by atoms with van der Waals surface area (Å²) in [5.74, 6) is -1.65. The summed E-state index contributed by atoms with van der Waals surface area (Å²) in [7, 11) is -4.20. The van der Waals surface area contributed by atoms with Crippen LogP contribution < -0.4 is 8.92 Å². The van der Waals surface area contributed by atoms with Gasteiger partial charge in [-0.05, 0) is 48.5 Å². The van der Waals surface area contributed by atoms with E-state index in [2.05, 4.69) is 0 Å². The normalized spacial score (nSPS) is 14.6. The summed E-state index contributed by atoms with van der Waals surface area (Å²) in [5.41, 5.74) is 0.373. The Balaban J connectivity index is 1.61. The van der Waals surface area contributed by atoms with Crippen molar-refractivity contribution < 1.29 is 30.9 Å². The van der Waals surface area contributed by atoms with Gasteiger partial charge in [0.25, 0.3) is 0 Å². The van der Waals surface area contributed by atoms with Crippen molar-refractivity contribution in [2.24, 2.45) is 0 Å². The van der Waals surface area contributed by atoms with Crippen LogP contribution in [-0.2, 0) is 10.1 Å². The van der Waals surface area contributed by atoms with Gasteiger partial charge < -0.3 is 8.92 Å². The van der Waals surface area contributed by atoms with Gasteiger partial charge in [0.05, 0.1) is 5.56 Å². The third-order valence-electron chi connectivity index (χ3n) is 4.14. The van der Waals surface area contributed by atoms with Gasteiger partial charge in [-0.15, -0.1) is 0 Å². The van der Waals surface area contributed by atoms with Crippen LogP contribution in [0, 0.1) is 11.6 Å². The van der Waals surface area contributed by atoms with Crippen LogP contribution in [0.5, 0.6) is 11.5 Å². The van der Waals surface area contributed by atoms with Crippen molar-refractivity contribution in [1.29, 1.82) is 0 Å². The van der Waals surface area contributed by atoms with E-state index >= 15 is 0 Å². The molecule has 3 aromatic rings. The highest BCUT2D eigenvalue weighted by atomic mass is 32.2. The molecule has 0 saturated carbocycles. The van der Waals surface area contributed by atoms with E-state index in [4.69, 9.17) is 8.92 Å². The van der Waals surface area contributed by atoms with Crippen LogP contribution in [0.15, 0.2) is 77.4 Å². The molecule has 0 atom stereocenters. The van der Waals surface area contributed by atoms with Gasteiger partial charge in [-0.2, -0.15) is 8.42 Å². The molecule has 0 saturated heterocycles. The Bertz CT molecular complexity index is 1250.